The fourth-order valence-corrected chi connectivity index (χ4v) is 6.09. The molecule has 3 amide bonds. The van der Waals surface area contributed by atoms with Crippen molar-refractivity contribution >= 4 is 80.1 Å². The topological polar surface area (TPSA) is 66.9 Å². The summed E-state index contributed by atoms with van der Waals surface area (Å²) in [6.45, 7) is 1.30. The first-order chi connectivity index (χ1) is 17.9. The van der Waals surface area contributed by atoms with Gasteiger partial charge in [-0.05, 0) is 116 Å². The van der Waals surface area contributed by atoms with Gasteiger partial charge in [0.2, 0.25) is 5.91 Å². The third kappa shape index (κ3) is 6.20. The van der Waals surface area contributed by atoms with E-state index < -0.39 is 11.1 Å². The summed E-state index contributed by atoms with van der Waals surface area (Å²) >= 11 is 5.34. The zero-order valence-electron chi connectivity index (χ0n) is 19.7. The van der Waals surface area contributed by atoms with E-state index in [1.54, 1.807) is 11.0 Å². The van der Waals surface area contributed by atoms with Crippen LogP contribution in [0.25, 0.3) is 6.08 Å². The van der Waals surface area contributed by atoms with E-state index in [1.807, 2.05) is 60.7 Å². The van der Waals surface area contributed by atoms with Crippen molar-refractivity contribution in [3.8, 4) is 5.75 Å². The largest absolute Gasteiger partial charge is 0.488 e. The first-order valence-corrected chi connectivity index (χ1v) is 14.6. The second kappa shape index (κ2) is 11.6. The van der Waals surface area contributed by atoms with Crippen LogP contribution in [0.15, 0.2) is 71.6 Å². The summed E-state index contributed by atoms with van der Waals surface area (Å²) in [7, 11) is 0. The molecule has 3 aromatic carbocycles. The smallest absolute Gasteiger partial charge is 0.294 e. The highest BCUT2D eigenvalue weighted by Gasteiger charge is 2.37. The predicted octanol–water partition coefficient (Wildman–Crippen LogP) is 6.10. The van der Waals surface area contributed by atoms with Crippen molar-refractivity contribution in [3.05, 3.63) is 101 Å². The molecule has 0 radical (unpaired) electrons. The van der Waals surface area contributed by atoms with Crippen LogP contribution in [0.2, 0.25) is 0 Å². The summed E-state index contributed by atoms with van der Waals surface area (Å²) in [5.41, 5.74) is 4.21. The number of fused-ring (bicyclic) bond motifs is 1. The van der Waals surface area contributed by atoms with Gasteiger partial charge in [0.25, 0.3) is 11.1 Å². The lowest BCUT2D eigenvalue weighted by Gasteiger charge is -2.29. The summed E-state index contributed by atoms with van der Waals surface area (Å²) in [5, 5.41) is -0.422. The number of amides is 3. The van der Waals surface area contributed by atoms with Crippen LogP contribution in [0.3, 0.4) is 0 Å². The van der Waals surface area contributed by atoms with Crippen molar-refractivity contribution in [2.45, 2.75) is 19.6 Å². The molecule has 0 atom stereocenters. The number of hydrogen-bond acceptors (Lipinski definition) is 5. The Hall–Kier alpha value is -2.38. The molecule has 9 heteroatoms. The molecule has 0 N–H and O–H groups in total. The molecule has 0 spiro atoms. The molecule has 6 nitrogen and oxygen atoms in total. The van der Waals surface area contributed by atoms with Crippen LogP contribution >= 0.6 is 56.9 Å². The van der Waals surface area contributed by atoms with Crippen molar-refractivity contribution in [1.82, 2.24) is 9.80 Å². The fraction of sp³-hybridized carbons (Fsp3) is 0.179. The Labute approximate surface area is 246 Å². The van der Waals surface area contributed by atoms with E-state index in [2.05, 4.69) is 51.2 Å². The van der Waals surface area contributed by atoms with Gasteiger partial charge in [-0.3, -0.25) is 19.3 Å². The molecule has 0 saturated carbocycles. The highest BCUT2D eigenvalue weighted by atomic mass is 127. The molecule has 3 aromatic rings. The Morgan fingerprint density at radius 2 is 1.76 bits per heavy atom. The third-order valence-corrected chi connectivity index (χ3v) is 8.68. The molecule has 2 heterocycles. The molecule has 2 aliphatic heterocycles. The zero-order chi connectivity index (χ0) is 25.9. The van der Waals surface area contributed by atoms with Crippen LogP contribution in [0, 0.1) is 7.14 Å². The number of carbonyl (C=O) groups is 3. The van der Waals surface area contributed by atoms with Gasteiger partial charge in [0, 0.05) is 16.7 Å². The highest BCUT2D eigenvalue weighted by Crippen LogP contribution is 2.33. The molecule has 0 bridgehead atoms. The minimum Gasteiger partial charge on any atom is -0.488 e. The number of benzene rings is 3. The minimum atomic E-state index is -0.435. The minimum absolute atomic E-state index is 0.220. The zero-order valence-corrected chi connectivity index (χ0v) is 24.8. The second-order valence-electron chi connectivity index (χ2n) is 8.71. The second-order valence-corrected chi connectivity index (χ2v) is 12.1. The molecular formula is C28H22I2N2O4S. The van der Waals surface area contributed by atoms with E-state index in [0.717, 1.165) is 49.1 Å². The Morgan fingerprint density at radius 1 is 1.00 bits per heavy atom. The Bertz CT molecular complexity index is 1410. The normalized spacial score (nSPS) is 16.3. The van der Waals surface area contributed by atoms with Crippen molar-refractivity contribution < 1.29 is 19.1 Å². The van der Waals surface area contributed by atoms with E-state index in [-0.39, 0.29) is 12.5 Å². The van der Waals surface area contributed by atoms with Gasteiger partial charge < -0.3 is 9.64 Å². The van der Waals surface area contributed by atoms with E-state index in [0.29, 0.717) is 24.6 Å². The van der Waals surface area contributed by atoms with Crippen molar-refractivity contribution in [1.29, 1.82) is 0 Å². The van der Waals surface area contributed by atoms with Crippen LogP contribution in [-0.4, -0.2) is 39.9 Å². The summed E-state index contributed by atoms with van der Waals surface area (Å²) in [5.74, 6) is 0.0927. The summed E-state index contributed by atoms with van der Waals surface area (Å²) < 4.78 is 8.03. The summed E-state index contributed by atoms with van der Waals surface area (Å²) in [6.07, 6.45) is 2.46. The average Bonchev–Trinajstić information content (AvgIpc) is 3.16. The van der Waals surface area contributed by atoms with Gasteiger partial charge in [0.15, 0.2) is 0 Å². The molecule has 188 valence electrons. The van der Waals surface area contributed by atoms with Gasteiger partial charge >= 0.3 is 0 Å². The molecule has 37 heavy (non-hydrogen) atoms. The lowest BCUT2D eigenvalue weighted by molar-refractivity contribution is -0.136. The maximum atomic E-state index is 13.0. The Morgan fingerprint density at radius 3 is 2.51 bits per heavy atom. The first kappa shape index (κ1) is 26.2. The van der Waals surface area contributed by atoms with Crippen LogP contribution in [0.1, 0.15) is 22.3 Å². The number of ether oxygens (including phenoxy) is 1. The van der Waals surface area contributed by atoms with Gasteiger partial charge in [-0.15, -0.1) is 0 Å². The number of halogens is 2. The monoisotopic (exact) mass is 736 g/mol. The molecule has 1 saturated heterocycles. The molecule has 2 aliphatic rings. The third-order valence-electron chi connectivity index (χ3n) is 6.21. The lowest BCUT2D eigenvalue weighted by atomic mass is 10.00. The van der Waals surface area contributed by atoms with Gasteiger partial charge in [0.1, 0.15) is 18.9 Å². The van der Waals surface area contributed by atoms with Crippen LogP contribution in [0.4, 0.5) is 4.79 Å². The van der Waals surface area contributed by atoms with E-state index in [1.165, 1.54) is 9.13 Å². The molecule has 5 rings (SSSR count). The Balaban J connectivity index is 1.22. The van der Waals surface area contributed by atoms with Gasteiger partial charge in [0.05, 0.1) is 8.48 Å². The van der Waals surface area contributed by atoms with E-state index in [9.17, 15) is 14.4 Å². The van der Waals surface area contributed by atoms with E-state index >= 15 is 0 Å². The number of carbonyl (C=O) groups excluding carboxylic acids is 3. The number of thioether (sulfide) groups is 1. The molecule has 0 aromatic heterocycles. The Kier molecular flexibility index (Phi) is 8.20. The summed E-state index contributed by atoms with van der Waals surface area (Å²) in [4.78, 5) is 41.6. The quantitative estimate of drug-likeness (QED) is 0.227. The number of rotatable bonds is 6. The van der Waals surface area contributed by atoms with Gasteiger partial charge in [-0.1, -0.05) is 42.5 Å². The molecular weight excluding hydrogens is 714 g/mol. The molecule has 1 fully saturated rings. The van der Waals surface area contributed by atoms with Crippen LogP contribution < -0.4 is 4.74 Å². The van der Waals surface area contributed by atoms with Crippen molar-refractivity contribution in [2.75, 3.05) is 13.1 Å². The lowest BCUT2D eigenvalue weighted by Crippen LogP contribution is -2.44. The number of nitrogens with zero attached hydrogens (tertiary/aromatic N) is 2. The first-order valence-electron chi connectivity index (χ1n) is 11.6. The maximum Gasteiger partial charge on any atom is 0.294 e. The molecule has 0 aliphatic carbocycles. The fourth-order valence-electron chi connectivity index (χ4n) is 4.20. The van der Waals surface area contributed by atoms with Crippen molar-refractivity contribution in [3.63, 3.8) is 0 Å². The standard InChI is InChI=1S/C28H22I2N2O4S/c29-22-8-5-18(6-9-22)17-36-24-10-7-19(13-23(24)30)14-25-27(34)32(28(35)37-25)16-26(33)31-12-11-20-3-1-2-4-21(20)15-31/h1-10,13-14H,11-12,15-17H2/b25-14-. The summed E-state index contributed by atoms with van der Waals surface area (Å²) in [6, 6.07) is 21.8. The average molecular weight is 736 g/mol. The number of imide groups is 1. The highest BCUT2D eigenvalue weighted by molar-refractivity contribution is 14.1. The van der Waals surface area contributed by atoms with Crippen LogP contribution in [-0.2, 0) is 29.2 Å². The molecule has 0 unspecified atom stereocenters. The van der Waals surface area contributed by atoms with Gasteiger partial charge in [-0.2, -0.15) is 0 Å². The van der Waals surface area contributed by atoms with Crippen LogP contribution in [0.5, 0.6) is 5.75 Å². The van der Waals surface area contributed by atoms with Gasteiger partial charge in [-0.25, -0.2) is 0 Å². The maximum absolute atomic E-state index is 13.0. The number of hydrogen-bond donors (Lipinski definition) is 0. The SMILES string of the molecule is O=C(CN1C(=O)S/C(=C\c2ccc(OCc3ccc(I)cc3)c(I)c2)C1=O)N1CCc2ccccc2C1. The predicted molar refractivity (Wildman–Crippen MR) is 161 cm³/mol. The van der Waals surface area contributed by atoms with Crippen molar-refractivity contribution in [2.24, 2.45) is 0 Å². The van der Waals surface area contributed by atoms with E-state index in [4.69, 9.17) is 4.74 Å².